The molecule has 0 radical (unpaired) electrons. The molecule has 2 aromatic rings. The summed E-state index contributed by atoms with van der Waals surface area (Å²) in [6, 6.07) is 12.4. The van der Waals surface area contributed by atoms with Crippen molar-refractivity contribution in [3.8, 4) is 11.1 Å². The predicted molar refractivity (Wildman–Crippen MR) is 84.4 cm³/mol. The smallest absolute Gasteiger partial charge is 0.128 e. The van der Waals surface area contributed by atoms with Crippen LogP contribution in [-0.4, -0.2) is 44.4 Å². The molecule has 0 amide bonds. The molecule has 0 aliphatic carbocycles. The summed E-state index contributed by atoms with van der Waals surface area (Å²) >= 11 is 0. The van der Waals surface area contributed by atoms with E-state index < -0.39 is 0 Å². The Morgan fingerprint density at radius 3 is 2.10 bits per heavy atom. The van der Waals surface area contributed by atoms with E-state index >= 15 is 0 Å². The molecule has 1 aromatic heterocycles. The minimum atomic E-state index is 0.131. The van der Waals surface area contributed by atoms with E-state index in [4.69, 9.17) is 5.11 Å². The van der Waals surface area contributed by atoms with Gasteiger partial charge in [0, 0.05) is 45.1 Å². The van der Waals surface area contributed by atoms with Gasteiger partial charge in [0.1, 0.15) is 5.82 Å². The first-order valence-corrected chi connectivity index (χ1v) is 6.67. The van der Waals surface area contributed by atoms with Gasteiger partial charge in [-0.1, -0.05) is 12.1 Å². The zero-order chi connectivity index (χ0) is 14.5. The molecular formula is C16H21N3O. The standard InChI is InChI=1S/C16H21N3O/c1-18(2)15-7-4-13(5-8-15)14-6-9-16(17-12-14)19(3)10-11-20/h4-9,12,20H,10-11H2,1-3H3. The van der Waals surface area contributed by atoms with Crippen LogP contribution in [0.15, 0.2) is 42.6 Å². The summed E-state index contributed by atoms with van der Waals surface area (Å²) in [4.78, 5) is 8.44. The summed E-state index contributed by atoms with van der Waals surface area (Å²) in [6.07, 6.45) is 1.87. The normalized spacial score (nSPS) is 10.4. The highest BCUT2D eigenvalue weighted by Gasteiger charge is 2.03. The monoisotopic (exact) mass is 271 g/mol. The average Bonchev–Trinajstić information content (AvgIpc) is 2.48. The van der Waals surface area contributed by atoms with Crippen molar-refractivity contribution in [3.63, 3.8) is 0 Å². The van der Waals surface area contributed by atoms with E-state index in [1.165, 1.54) is 5.69 Å². The van der Waals surface area contributed by atoms with Gasteiger partial charge in [-0.15, -0.1) is 0 Å². The third-order valence-electron chi connectivity index (χ3n) is 3.29. The first-order chi connectivity index (χ1) is 9.61. The van der Waals surface area contributed by atoms with E-state index in [9.17, 15) is 0 Å². The molecule has 0 atom stereocenters. The van der Waals surface area contributed by atoms with Crippen LogP contribution in [0.3, 0.4) is 0 Å². The molecule has 0 saturated carbocycles. The maximum Gasteiger partial charge on any atom is 0.128 e. The van der Waals surface area contributed by atoms with Gasteiger partial charge in [0.2, 0.25) is 0 Å². The highest BCUT2D eigenvalue weighted by atomic mass is 16.3. The lowest BCUT2D eigenvalue weighted by atomic mass is 10.1. The van der Waals surface area contributed by atoms with Crippen molar-refractivity contribution in [1.82, 2.24) is 4.98 Å². The Bertz CT molecular complexity index is 535. The van der Waals surface area contributed by atoms with Crippen molar-refractivity contribution >= 4 is 11.5 Å². The molecule has 0 aliphatic heterocycles. The number of hydrogen-bond donors (Lipinski definition) is 1. The largest absolute Gasteiger partial charge is 0.395 e. The fourth-order valence-electron chi connectivity index (χ4n) is 2.00. The average molecular weight is 271 g/mol. The Hall–Kier alpha value is -2.07. The molecule has 0 aliphatic rings. The van der Waals surface area contributed by atoms with Gasteiger partial charge in [0.25, 0.3) is 0 Å². The van der Waals surface area contributed by atoms with Gasteiger partial charge in [-0.25, -0.2) is 4.98 Å². The van der Waals surface area contributed by atoms with Crippen LogP contribution in [-0.2, 0) is 0 Å². The number of likely N-dealkylation sites (N-methyl/N-ethyl adjacent to an activating group) is 1. The minimum absolute atomic E-state index is 0.131. The molecule has 4 nitrogen and oxygen atoms in total. The van der Waals surface area contributed by atoms with Crippen LogP contribution in [0.5, 0.6) is 0 Å². The molecule has 0 spiro atoms. The molecule has 0 unspecified atom stereocenters. The first kappa shape index (κ1) is 14.3. The lowest BCUT2D eigenvalue weighted by molar-refractivity contribution is 0.304. The highest BCUT2D eigenvalue weighted by Crippen LogP contribution is 2.23. The van der Waals surface area contributed by atoms with E-state index in [2.05, 4.69) is 40.2 Å². The van der Waals surface area contributed by atoms with Crippen LogP contribution < -0.4 is 9.80 Å². The second kappa shape index (κ2) is 6.39. The number of aromatic nitrogens is 1. The fraction of sp³-hybridized carbons (Fsp3) is 0.312. The van der Waals surface area contributed by atoms with Crippen LogP contribution in [0.25, 0.3) is 11.1 Å². The number of anilines is 2. The van der Waals surface area contributed by atoms with Crippen molar-refractivity contribution in [1.29, 1.82) is 0 Å². The van der Waals surface area contributed by atoms with Crippen molar-refractivity contribution in [3.05, 3.63) is 42.6 Å². The van der Waals surface area contributed by atoms with Gasteiger partial charge in [0.15, 0.2) is 0 Å². The SMILES string of the molecule is CN(C)c1ccc(-c2ccc(N(C)CCO)nc2)cc1. The third-order valence-corrected chi connectivity index (χ3v) is 3.29. The lowest BCUT2D eigenvalue weighted by Crippen LogP contribution is -2.21. The van der Waals surface area contributed by atoms with E-state index in [0.29, 0.717) is 6.54 Å². The Morgan fingerprint density at radius 2 is 1.60 bits per heavy atom. The van der Waals surface area contributed by atoms with Gasteiger partial charge in [-0.3, -0.25) is 0 Å². The van der Waals surface area contributed by atoms with Gasteiger partial charge in [-0.2, -0.15) is 0 Å². The quantitative estimate of drug-likeness (QED) is 0.905. The van der Waals surface area contributed by atoms with Gasteiger partial charge >= 0.3 is 0 Å². The minimum Gasteiger partial charge on any atom is -0.395 e. The van der Waals surface area contributed by atoms with Gasteiger partial charge in [-0.05, 0) is 29.8 Å². The van der Waals surface area contributed by atoms with Crippen molar-refractivity contribution < 1.29 is 5.11 Å². The summed E-state index contributed by atoms with van der Waals surface area (Å²) in [5, 5.41) is 8.93. The molecule has 1 N–H and O–H groups in total. The van der Waals surface area contributed by atoms with Crippen molar-refractivity contribution in [2.75, 3.05) is 44.1 Å². The maximum atomic E-state index is 8.93. The molecule has 0 saturated heterocycles. The zero-order valence-electron chi connectivity index (χ0n) is 12.2. The highest BCUT2D eigenvalue weighted by molar-refractivity contribution is 5.66. The van der Waals surface area contributed by atoms with E-state index in [0.717, 1.165) is 16.9 Å². The van der Waals surface area contributed by atoms with Gasteiger partial charge in [0.05, 0.1) is 6.61 Å². The molecule has 2 rings (SSSR count). The fourth-order valence-corrected chi connectivity index (χ4v) is 2.00. The lowest BCUT2D eigenvalue weighted by Gasteiger charge is -2.17. The molecule has 106 valence electrons. The number of benzene rings is 1. The van der Waals surface area contributed by atoms with E-state index in [1.54, 1.807) is 0 Å². The Balaban J connectivity index is 2.17. The first-order valence-electron chi connectivity index (χ1n) is 6.67. The van der Waals surface area contributed by atoms with Crippen LogP contribution in [0.2, 0.25) is 0 Å². The Labute approximate surface area is 120 Å². The van der Waals surface area contributed by atoms with Crippen LogP contribution in [0, 0.1) is 0 Å². The molecule has 4 heteroatoms. The number of aliphatic hydroxyl groups is 1. The number of rotatable bonds is 5. The number of pyridine rings is 1. The van der Waals surface area contributed by atoms with Crippen molar-refractivity contribution in [2.24, 2.45) is 0 Å². The summed E-state index contributed by atoms with van der Waals surface area (Å²) in [7, 11) is 5.98. The maximum absolute atomic E-state index is 8.93. The van der Waals surface area contributed by atoms with E-state index in [-0.39, 0.29) is 6.61 Å². The summed E-state index contributed by atoms with van der Waals surface area (Å²) in [5.74, 6) is 0.868. The zero-order valence-corrected chi connectivity index (χ0v) is 12.2. The summed E-state index contributed by atoms with van der Waals surface area (Å²) in [5.41, 5.74) is 3.43. The molecular weight excluding hydrogens is 250 g/mol. The second-order valence-corrected chi connectivity index (χ2v) is 4.99. The third kappa shape index (κ3) is 3.27. The molecule has 1 heterocycles. The molecule has 1 aromatic carbocycles. The van der Waals surface area contributed by atoms with E-state index in [1.807, 2.05) is 38.3 Å². The Kier molecular flexibility index (Phi) is 4.58. The molecule has 0 bridgehead atoms. The number of hydrogen-bond acceptors (Lipinski definition) is 4. The summed E-state index contributed by atoms with van der Waals surface area (Å²) < 4.78 is 0. The predicted octanol–water partition coefficient (Wildman–Crippen LogP) is 2.24. The summed E-state index contributed by atoms with van der Waals surface area (Å²) in [6.45, 7) is 0.718. The Morgan fingerprint density at radius 1 is 0.950 bits per heavy atom. The van der Waals surface area contributed by atoms with Crippen LogP contribution >= 0.6 is 0 Å². The number of nitrogens with zero attached hydrogens (tertiary/aromatic N) is 3. The second-order valence-electron chi connectivity index (χ2n) is 4.99. The van der Waals surface area contributed by atoms with Crippen LogP contribution in [0.1, 0.15) is 0 Å². The van der Waals surface area contributed by atoms with Gasteiger partial charge < -0.3 is 14.9 Å². The topological polar surface area (TPSA) is 39.6 Å². The van der Waals surface area contributed by atoms with Crippen LogP contribution in [0.4, 0.5) is 11.5 Å². The number of aliphatic hydroxyl groups excluding tert-OH is 1. The molecule has 0 fully saturated rings. The van der Waals surface area contributed by atoms with Crippen molar-refractivity contribution in [2.45, 2.75) is 0 Å². The molecule has 20 heavy (non-hydrogen) atoms.